The first-order valence-electron chi connectivity index (χ1n) is 10.5. The zero-order chi connectivity index (χ0) is 23.0. The van der Waals surface area contributed by atoms with Gasteiger partial charge in [-0.25, -0.2) is 4.98 Å². The van der Waals surface area contributed by atoms with Gasteiger partial charge in [0.1, 0.15) is 0 Å². The number of H-pyrrole nitrogens is 1. The van der Waals surface area contributed by atoms with E-state index in [0.717, 1.165) is 34.3 Å². The van der Waals surface area contributed by atoms with E-state index < -0.39 is 17.7 Å². The van der Waals surface area contributed by atoms with E-state index in [1.165, 1.54) is 12.1 Å². The van der Waals surface area contributed by atoms with Gasteiger partial charge in [0.2, 0.25) is 0 Å². The standard InChI is InChI=1S/C25H24F3N3O/c1-15(2)31-13-12-29-24(31)22(32)14-20(17-8-10-18(11-9-17)25(26,27)28)23-16(3)19-6-4-5-7-21(19)30-23/h4-13,15,20,30H,14H2,1-3H3/t20-/m0/s1. The molecule has 0 saturated carbocycles. The molecule has 2 heterocycles. The number of rotatable bonds is 6. The van der Waals surface area contributed by atoms with Crippen molar-refractivity contribution in [1.82, 2.24) is 14.5 Å². The van der Waals surface area contributed by atoms with Crippen molar-refractivity contribution in [3.8, 4) is 0 Å². The van der Waals surface area contributed by atoms with Crippen LogP contribution in [0.5, 0.6) is 0 Å². The van der Waals surface area contributed by atoms with Gasteiger partial charge in [0.15, 0.2) is 11.6 Å². The average molecular weight is 439 g/mol. The fourth-order valence-electron chi connectivity index (χ4n) is 4.16. The van der Waals surface area contributed by atoms with Crippen molar-refractivity contribution in [3.05, 3.63) is 89.1 Å². The molecule has 1 N–H and O–H groups in total. The van der Waals surface area contributed by atoms with Crippen LogP contribution < -0.4 is 0 Å². The maximum atomic E-state index is 13.3. The Kier molecular flexibility index (Phi) is 5.67. The summed E-state index contributed by atoms with van der Waals surface area (Å²) in [6, 6.07) is 12.9. The van der Waals surface area contributed by atoms with Crippen LogP contribution in [0.2, 0.25) is 0 Å². The number of nitrogens with zero attached hydrogens (tertiary/aromatic N) is 2. The molecule has 166 valence electrons. The lowest BCUT2D eigenvalue weighted by Gasteiger charge is -2.19. The molecule has 1 atom stereocenters. The highest BCUT2D eigenvalue weighted by Crippen LogP contribution is 2.36. The number of Topliss-reactive ketones (excluding diaryl/α,β-unsaturated/α-hetero) is 1. The molecule has 0 spiro atoms. The maximum absolute atomic E-state index is 13.3. The summed E-state index contributed by atoms with van der Waals surface area (Å²) in [6.07, 6.45) is -0.973. The van der Waals surface area contributed by atoms with E-state index in [2.05, 4.69) is 9.97 Å². The Morgan fingerprint density at radius 2 is 1.78 bits per heavy atom. The lowest BCUT2D eigenvalue weighted by molar-refractivity contribution is -0.137. The van der Waals surface area contributed by atoms with Gasteiger partial charge in [-0.15, -0.1) is 0 Å². The number of nitrogens with one attached hydrogen (secondary N) is 1. The lowest BCUT2D eigenvalue weighted by Crippen LogP contribution is -2.16. The number of carbonyl (C=O) groups excluding carboxylic acids is 1. The summed E-state index contributed by atoms with van der Waals surface area (Å²) in [4.78, 5) is 20.9. The van der Waals surface area contributed by atoms with Crippen LogP contribution in [0, 0.1) is 6.92 Å². The first kappa shape index (κ1) is 21.9. The molecule has 4 aromatic rings. The van der Waals surface area contributed by atoms with Crippen LogP contribution in [-0.2, 0) is 6.18 Å². The molecular formula is C25H24F3N3O. The SMILES string of the molecule is Cc1c([C@@H](CC(=O)c2nccn2C(C)C)c2ccc(C(F)(F)F)cc2)[nH]c2ccccc12. The number of imidazole rings is 1. The highest BCUT2D eigenvalue weighted by molar-refractivity contribution is 5.94. The number of hydrogen-bond acceptors (Lipinski definition) is 2. The Hall–Kier alpha value is -3.35. The minimum Gasteiger partial charge on any atom is -0.358 e. The van der Waals surface area contributed by atoms with E-state index in [1.807, 2.05) is 49.6 Å². The normalized spacial score (nSPS) is 13.1. The average Bonchev–Trinajstić information content (AvgIpc) is 3.37. The van der Waals surface area contributed by atoms with Crippen molar-refractivity contribution in [3.63, 3.8) is 0 Å². The van der Waals surface area contributed by atoms with Crippen LogP contribution in [0.4, 0.5) is 13.2 Å². The highest BCUT2D eigenvalue weighted by atomic mass is 19.4. The molecule has 0 bridgehead atoms. The van der Waals surface area contributed by atoms with Gasteiger partial charge in [-0.2, -0.15) is 13.2 Å². The Morgan fingerprint density at radius 1 is 1.09 bits per heavy atom. The topological polar surface area (TPSA) is 50.7 Å². The van der Waals surface area contributed by atoms with Gasteiger partial charge in [0, 0.05) is 47.4 Å². The maximum Gasteiger partial charge on any atom is 0.416 e. The molecule has 2 aromatic carbocycles. The van der Waals surface area contributed by atoms with E-state index in [-0.39, 0.29) is 18.2 Å². The quantitative estimate of drug-likeness (QED) is 0.341. The van der Waals surface area contributed by atoms with Gasteiger partial charge in [0.25, 0.3) is 0 Å². The fraction of sp³-hybridized carbons (Fsp3) is 0.280. The second kappa shape index (κ2) is 8.30. The molecular weight excluding hydrogens is 415 g/mol. The molecule has 0 radical (unpaired) electrons. The summed E-state index contributed by atoms with van der Waals surface area (Å²) in [5.41, 5.74) is 2.65. The molecule has 7 heteroatoms. The third-order valence-corrected chi connectivity index (χ3v) is 5.86. The number of benzene rings is 2. The van der Waals surface area contributed by atoms with E-state index >= 15 is 0 Å². The smallest absolute Gasteiger partial charge is 0.358 e. The van der Waals surface area contributed by atoms with Crippen LogP contribution in [0.25, 0.3) is 10.9 Å². The van der Waals surface area contributed by atoms with E-state index in [1.54, 1.807) is 12.4 Å². The summed E-state index contributed by atoms with van der Waals surface area (Å²) < 4.78 is 41.1. The molecule has 4 nitrogen and oxygen atoms in total. The van der Waals surface area contributed by atoms with Gasteiger partial charge in [-0.1, -0.05) is 30.3 Å². The number of alkyl halides is 3. The molecule has 0 fully saturated rings. The largest absolute Gasteiger partial charge is 0.416 e. The highest BCUT2D eigenvalue weighted by Gasteiger charge is 2.31. The molecule has 0 aliphatic carbocycles. The van der Waals surface area contributed by atoms with Crippen LogP contribution in [0.3, 0.4) is 0 Å². The van der Waals surface area contributed by atoms with Crippen LogP contribution in [0.15, 0.2) is 60.9 Å². The van der Waals surface area contributed by atoms with Crippen LogP contribution >= 0.6 is 0 Å². The van der Waals surface area contributed by atoms with Crippen molar-refractivity contribution in [2.24, 2.45) is 0 Å². The molecule has 0 saturated heterocycles. The molecule has 0 unspecified atom stereocenters. The predicted molar refractivity (Wildman–Crippen MR) is 118 cm³/mol. The molecule has 0 aliphatic rings. The predicted octanol–water partition coefficient (Wildman–Crippen LogP) is 6.68. The minimum absolute atomic E-state index is 0.0655. The third kappa shape index (κ3) is 4.07. The first-order chi connectivity index (χ1) is 15.2. The number of aromatic amines is 1. The fourth-order valence-corrected chi connectivity index (χ4v) is 4.16. The summed E-state index contributed by atoms with van der Waals surface area (Å²) >= 11 is 0. The Bertz CT molecular complexity index is 1250. The number of para-hydroxylation sites is 1. The summed E-state index contributed by atoms with van der Waals surface area (Å²) in [6.45, 7) is 5.89. The molecule has 0 aliphatic heterocycles. The summed E-state index contributed by atoms with van der Waals surface area (Å²) in [5, 5.41) is 1.02. The monoisotopic (exact) mass is 439 g/mol. The molecule has 32 heavy (non-hydrogen) atoms. The van der Waals surface area contributed by atoms with Crippen LogP contribution in [-0.4, -0.2) is 20.3 Å². The van der Waals surface area contributed by atoms with Crippen molar-refractivity contribution in [1.29, 1.82) is 0 Å². The number of aromatic nitrogens is 3. The van der Waals surface area contributed by atoms with Crippen molar-refractivity contribution in [2.75, 3.05) is 0 Å². The zero-order valence-corrected chi connectivity index (χ0v) is 18.1. The molecule has 0 amide bonds. The number of fused-ring (bicyclic) bond motifs is 1. The third-order valence-electron chi connectivity index (χ3n) is 5.86. The number of hydrogen-bond donors (Lipinski definition) is 1. The summed E-state index contributed by atoms with van der Waals surface area (Å²) in [5.74, 6) is -0.244. The number of aryl methyl sites for hydroxylation is 1. The number of halogens is 3. The lowest BCUT2D eigenvalue weighted by atomic mass is 9.88. The van der Waals surface area contributed by atoms with Crippen molar-refractivity contribution in [2.45, 2.75) is 45.3 Å². The Balaban J connectivity index is 1.78. The van der Waals surface area contributed by atoms with E-state index in [0.29, 0.717) is 11.4 Å². The van der Waals surface area contributed by atoms with Gasteiger partial charge < -0.3 is 9.55 Å². The van der Waals surface area contributed by atoms with Crippen LogP contribution in [0.1, 0.15) is 65.2 Å². The summed E-state index contributed by atoms with van der Waals surface area (Å²) in [7, 11) is 0. The molecule has 2 aromatic heterocycles. The second-order valence-electron chi connectivity index (χ2n) is 8.26. The van der Waals surface area contributed by atoms with Gasteiger partial charge in [-0.3, -0.25) is 4.79 Å². The number of carbonyl (C=O) groups is 1. The number of ketones is 1. The van der Waals surface area contributed by atoms with Gasteiger partial charge in [0.05, 0.1) is 5.56 Å². The molecule has 4 rings (SSSR count). The Morgan fingerprint density at radius 3 is 2.41 bits per heavy atom. The van der Waals surface area contributed by atoms with Crippen molar-refractivity contribution < 1.29 is 18.0 Å². The van der Waals surface area contributed by atoms with Crippen molar-refractivity contribution >= 4 is 16.7 Å². The van der Waals surface area contributed by atoms with E-state index in [4.69, 9.17) is 0 Å². The van der Waals surface area contributed by atoms with Gasteiger partial charge >= 0.3 is 6.18 Å². The minimum atomic E-state index is -4.41. The van der Waals surface area contributed by atoms with E-state index in [9.17, 15) is 18.0 Å². The second-order valence-corrected chi connectivity index (χ2v) is 8.26. The Labute approximate surface area is 184 Å². The zero-order valence-electron chi connectivity index (χ0n) is 18.1. The first-order valence-corrected chi connectivity index (χ1v) is 10.5. The van der Waals surface area contributed by atoms with Gasteiger partial charge in [-0.05, 0) is 50.1 Å².